The molecule has 2 nitrogen and oxygen atoms in total. The summed E-state index contributed by atoms with van der Waals surface area (Å²) in [4.78, 5) is 13.8. The first-order valence-electron chi connectivity index (χ1n) is 6.41. The number of nitrogens with zero attached hydrogens (tertiary/aromatic N) is 1. The van der Waals surface area contributed by atoms with Gasteiger partial charge in [0.1, 0.15) is 5.78 Å². The zero-order chi connectivity index (χ0) is 10.8. The summed E-state index contributed by atoms with van der Waals surface area (Å²) < 4.78 is 0. The Labute approximate surface area is 93.0 Å². The van der Waals surface area contributed by atoms with Crippen molar-refractivity contribution >= 4 is 5.78 Å². The highest BCUT2D eigenvalue weighted by molar-refractivity contribution is 5.81. The second kappa shape index (κ2) is 4.65. The van der Waals surface area contributed by atoms with Gasteiger partial charge in [-0.1, -0.05) is 13.8 Å². The van der Waals surface area contributed by atoms with E-state index in [1.165, 1.54) is 25.9 Å². The molecule has 2 fully saturated rings. The average molecular weight is 209 g/mol. The van der Waals surface area contributed by atoms with Crippen LogP contribution in [0.2, 0.25) is 0 Å². The van der Waals surface area contributed by atoms with Crippen LogP contribution in [0.3, 0.4) is 0 Å². The lowest BCUT2D eigenvalue weighted by Crippen LogP contribution is -2.31. The van der Waals surface area contributed by atoms with Crippen LogP contribution >= 0.6 is 0 Å². The van der Waals surface area contributed by atoms with Crippen LogP contribution in [-0.2, 0) is 4.79 Å². The van der Waals surface area contributed by atoms with E-state index in [2.05, 4.69) is 18.7 Å². The van der Waals surface area contributed by atoms with Gasteiger partial charge in [-0.3, -0.25) is 9.69 Å². The van der Waals surface area contributed by atoms with Crippen LogP contribution in [0.4, 0.5) is 0 Å². The summed E-state index contributed by atoms with van der Waals surface area (Å²) in [6.45, 7) is 7.09. The van der Waals surface area contributed by atoms with E-state index < -0.39 is 0 Å². The Balaban J connectivity index is 1.79. The predicted octanol–water partition coefficient (Wildman–Crippen LogP) is 2.48. The first-order valence-corrected chi connectivity index (χ1v) is 6.41. The number of hydrogen-bond acceptors (Lipinski definition) is 2. The normalized spacial score (nSPS) is 33.1. The number of carbonyl (C=O) groups excluding carboxylic acids is 1. The fourth-order valence-electron chi connectivity index (χ4n) is 3.16. The van der Waals surface area contributed by atoms with Crippen molar-refractivity contribution in [2.45, 2.75) is 52.0 Å². The lowest BCUT2D eigenvalue weighted by Gasteiger charge is -2.23. The van der Waals surface area contributed by atoms with E-state index in [9.17, 15) is 4.79 Å². The Bertz CT molecular complexity index is 237. The van der Waals surface area contributed by atoms with Crippen molar-refractivity contribution < 1.29 is 4.79 Å². The molecule has 0 radical (unpaired) electrons. The van der Waals surface area contributed by atoms with Crippen molar-refractivity contribution in [2.24, 2.45) is 11.8 Å². The highest BCUT2D eigenvalue weighted by Crippen LogP contribution is 2.29. The number of ketones is 1. The minimum absolute atomic E-state index is 0.479. The number of Topliss-reactive ketones (excluding diaryl/α,β-unsaturated/α-hetero) is 1. The Morgan fingerprint density at radius 3 is 2.80 bits per heavy atom. The molecule has 0 spiro atoms. The minimum Gasteiger partial charge on any atom is -0.300 e. The third kappa shape index (κ3) is 2.81. The third-order valence-corrected chi connectivity index (χ3v) is 3.86. The molecule has 0 amide bonds. The Morgan fingerprint density at radius 2 is 2.20 bits per heavy atom. The maximum absolute atomic E-state index is 11.2. The monoisotopic (exact) mass is 209 g/mol. The summed E-state index contributed by atoms with van der Waals surface area (Å²) in [7, 11) is 0. The molecule has 0 aromatic carbocycles. The molecule has 15 heavy (non-hydrogen) atoms. The first kappa shape index (κ1) is 11.1. The third-order valence-electron chi connectivity index (χ3n) is 3.86. The van der Waals surface area contributed by atoms with Gasteiger partial charge in [-0.25, -0.2) is 0 Å². The molecular formula is C13H23NO. The summed E-state index contributed by atoms with van der Waals surface area (Å²) in [5, 5.41) is 0. The lowest BCUT2D eigenvalue weighted by atomic mass is 9.97. The van der Waals surface area contributed by atoms with E-state index in [-0.39, 0.29) is 0 Å². The molecule has 86 valence electrons. The van der Waals surface area contributed by atoms with Crippen LogP contribution in [0.15, 0.2) is 0 Å². The molecule has 2 heteroatoms. The van der Waals surface area contributed by atoms with E-state index >= 15 is 0 Å². The van der Waals surface area contributed by atoms with Gasteiger partial charge < -0.3 is 0 Å². The lowest BCUT2D eigenvalue weighted by molar-refractivity contribution is -0.117. The molecule has 1 aliphatic carbocycles. The van der Waals surface area contributed by atoms with Gasteiger partial charge in [0.05, 0.1) is 0 Å². The van der Waals surface area contributed by atoms with Gasteiger partial charge in [-0.05, 0) is 37.6 Å². The predicted molar refractivity (Wildman–Crippen MR) is 61.8 cm³/mol. The topological polar surface area (TPSA) is 20.3 Å². The molecule has 2 rings (SSSR count). The van der Waals surface area contributed by atoms with Gasteiger partial charge in [0.2, 0.25) is 0 Å². The second-order valence-electron chi connectivity index (χ2n) is 5.71. The van der Waals surface area contributed by atoms with Gasteiger partial charge >= 0.3 is 0 Å². The van der Waals surface area contributed by atoms with E-state index in [0.717, 1.165) is 31.1 Å². The fraction of sp³-hybridized carbons (Fsp3) is 0.923. The zero-order valence-electron chi connectivity index (χ0n) is 10.0. The largest absolute Gasteiger partial charge is 0.300 e. The maximum atomic E-state index is 11.2. The Hall–Kier alpha value is -0.370. The van der Waals surface area contributed by atoms with Crippen molar-refractivity contribution in [3.63, 3.8) is 0 Å². The summed E-state index contributed by atoms with van der Waals surface area (Å²) in [5.74, 6) is 2.19. The van der Waals surface area contributed by atoms with Crippen LogP contribution in [0.25, 0.3) is 0 Å². The molecule has 0 aromatic rings. The standard InChI is InChI=1S/C13H23NO/c1-10(2)7-11-5-6-14(9-11)12-3-4-13(15)8-12/h10-12H,3-9H2,1-2H3. The van der Waals surface area contributed by atoms with Crippen LogP contribution in [0, 0.1) is 11.8 Å². The SMILES string of the molecule is CC(C)CC1CCN(C2CCC(=O)C2)C1. The number of likely N-dealkylation sites (tertiary alicyclic amines) is 1. The van der Waals surface area contributed by atoms with Crippen LogP contribution in [0.1, 0.15) is 46.0 Å². The highest BCUT2D eigenvalue weighted by Gasteiger charge is 2.32. The fourth-order valence-corrected chi connectivity index (χ4v) is 3.16. The molecule has 2 unspecified atom stereocenters. The summed E-state index contributed by atoms with van der Waals surface area (Å²) in [6, 6.07) is 0.592. The van der Waals surface area contributed by atoms with E-state index in [1.807, 2.05) is 0 Å². The van der Waals surface area contributed by atoms with Crippen molar-refractivity contribution in [3.05, 3.63) is 0 Å². The van der Waals surface area contributed by atoms with Crippen LogP contribution < -0.4 is 0 Å². The zero-order valence-corrected chi connectivity index (χ0v) is 10.0. The molecule has 0 N–H and O–H groups in total. The summed E-state index contributed by atoms with van der Waals surface area (Å²) >= 11 is 0. The summed E-state index contributed by atoms with van der Waals surface area (Å²) in [5.41, 5.74) is 0. The highest BCUT2D eigenvalue weighted by atomic mass is 16.1. The molecule has 0 aromatic heterocycles. The molecule has 1 saturated heterocycles. The molecule has 2 atom stereocenters. The van der Waals surface area contributed by atoms with Gasteiger partial charge in [0.15, 0.2) is 0 Å². The molecule has 1 saturated carbocycles. The van der Waals surface area contributed by atoms with Gasteiger partial charge in [0.25, 0.3) is 0 Å². The number of rotatable bonds is 3. The van der Waals surface area contributed by atoms with Crippen LogP contribution in [0.5, 0.6) is 0 Å². The van der Waals surface area contributed by atoms with Crippen molar-refractivity contribution in [2.75, 3.05) is 13.1 Å². The summed E-state index contributed by atoms with van der Waals surface area (Å²) in [6.07, 6.45) is 5.48. The van der Waals surface area contributed by atoms with Gasteiger partial charge in [-0.15, -0.1) is 0 Å². The van der Waals surface area contributed by atoms with E-state index in [1.54, 1.807) is 0 Å². The van der Waals surface area contributed by atoms with Crippen molar-refractivity contribution in [1.29, 1.82) is 0 Å². The smallest absolute Gasteiger partial charge is 0.134 e. The van der Waals surface area contributed by atoms with Gasteiger partial charge in [0, 0.05) is 25.4 Å². The Kier molecular flexibility index (Phi) is 3.45. The Morgan fingerprint density at radius 1 is 1.40 bits per heavy atom. The average Bonchev–Trinajstić information content (AvgIpc) is 2.72. The van der Waals surface area contributed by atoms with Crippen LogP contribution in [-0.4, -0.2) is 29.8 Å². The second-order valence-corrected chi connectivity index (χ2v) is 5.71. The molecular weight excluding hydrogens is 186 g/mol. The maximum Gasteiger partial charge on any atom is 0.134 e. The first-order chi connectivity index (χ1) is 7.15. The van der Waals surface area contributed by atoms with Crippen molar-refractivity contribution in [3.8, 4) is 0 Å². The van der Waals surface area contributed by atoms with Crippen molar-refractivity contribution in [1.82, 2.24) is 4.90 Å². The minimum atomic E-state index is 0.479. The molecule has 1 heterocycles. The van der Waals surface area contributed by atoms with E-state index in [0.29, 0.717) is 11.8 Å². The van der Waals surface area contributed by atoms with Gasteiger partial charge in [-0.2, -0.15) is 0 Å². The number of hydrogen-bond donors (Lipinski definition) is 0. The number of carbonyl (C=O) groups is 1. The molecule has 2 aliphatic rings. The molecule has 1 aliphatic heterocycles. The quantitative estimate of drug-likeness (QED) is 0.711. The molecule has 0 bridgehead atoms. The van der Waals surface area contributed by atoms with E-state index in [4.69, 9.17) is 0 Å².